The first kappa shape index (κ1) is 27.2. The molecule has 48 heavy (non-hydrogen) atoms. The highest BCUT2D eigenvalue weighted by molar-refractivity contribution is 6.27. The largest absolute Gasteiger partial charge is 0.293 e. The van der Waals surface area contributed by atoms with Crippen LogP contribution in [0.4, 0.5) is 0 Å². The van der Waals surface area contributed by atoms with Crippen molar-refractivity contribution in [2.75, 3.05) is 0 Å². The molecule has 0 aliphatic heterocycles. The molecule has 0 saturated heterocycles. The van der Waals surface area contributed by atoms with Crippen molar-refractivity contribution in [1.82, 2.24) is 9.55 Å². The molecule has 0 radical (unpaired) electrons. The van der Waals surface area contributed by atoms with Crippen molar-refractivity contribution < 1.29 is 0 Å². The summed E-state index contributed by atoms with van der Waals surface area (Å²) < 4.78 is 2.46. The topological polar surface area (TPSA) is 17.8 Å². The molecule has 10 rings (SSSR count). The molecule has 1 aliphatic rings. The normalized spacial score (nSPS) is 13.4. The van der Waals surface area contributed by atoms with Crippen molar-refractivity contribution in [1.29, 1.82) is 0 Å². The van der Waals surface area contributed by atoms with Gasteiger partial charge in [-0.1, -0.05) is 159 Å². The molecule has 0 spiro atoms. The van der Waals surface area contributed by atoms with E-state index in [4.69, 9.17) is 4.98 Å². The third kappa shape index (κ3) is 3.72. The Morgan fingerprint density at radius 3 is 1.94 bits per heavy atom. The average Bonchev–Trinajstić information content (AvgIpc) is 3.61. The van der Waals surface area contributed by atoms with Crippen molar-refractivity contribution >= 4 is 43.4 Å². The van der Waals surface area contributed by atoms with Gasteiger partial charge in [0.1, 0.15) is 5.82 Å². The molecule has 0 unspecified atom stereocenters. The monoisotopic (exact) mass is 612 g/mol. The number of hydrogen-bond donors (Lipinski definition) is 0. The van der Waals surface area contributed by atoms with Gasteiger partial charge in [-0.2, -0.15) is 0 Å². The van der Waals surface area contributed by atoms with Gasteiger partial charge in [-0.25, -0.2) is 4.98 Å². The molecule has 9 aromatic rings. The molecule has 0 fully saturated rings. The van der Waals surface area contributed by atoms with E-state index in [-0.39, 0.29) is 5.41 Å². The van der Waals surface area contributed by atoms with Gasteiger partial charge < -0.3 is 0 Å². The smallest absolute Gasteiger partial charge is 0.138 e. The number of hydrogen-bond acceptors (Lipinski definition) is 1. The number of aromatic nitrogens is 2. The molecule has 2 nitrogen and oxygen atoms in total. The molecule has 2 heterocycles. The highest BCUT2D eigenvalue weighted by Gasteiger charge is 2.40. The van der Waals surface area contributed by atoms with E-state index in [9.17, 15) is 0 Å². The Hall–Kier alpha value is -5.99. The lowest BCUT2D eigenvalue weighted by Gasteiger charge is -2.24. The van der Waals surface area contributed by atoms with Crippen LogP contribution in [0.2, 0.25) is 0 Å². The van der Waals surface area contributed by atoms with Gasteiger partial charge in [0.15, 0.2) is 0 Å². The van der Waals surface area contributed by atoms with Gasteiger partial charge in [-0.05, 0) is 61.7 Å². The van der Waals surface area contributed by atoms with Crippen molar-refractivity contribution in [3.8, 4) is 39.3 Å². The van der Waals surface area contributed by atoms with Crippen molar-refractivity contribution in [3.05, 3.63) is 169 Å². The zero-order valence-electron chi connectivity index (χ0n) is 26.9. The highest BCUT2D eigenvalue weighted by atomic mass is 15.1. The molecular formula is C46H32N2. The average molecular weight is 613 g/mol. The van der Waals surface area contributed by atoms with Gasteiger partial charge in [-0.3, -0.25) is 4.57 Å². The highest BCUT2D eigenvalue weighted by Crippen LogP contribution is 2.56. The molecule has 7 aromatic carbocycles. The molecule has 226 valence electrons. The molecule has 2 aromatic heterocycles. The third-order valence-electron chi connectivity index (χ3n) is 10.5. The van der Waals surface area contributed by atoms with E-state index < -0.39 is 0 Å². The van der Waals surface area contributed by atoms with Crippen LogP contribution in [0.1, 0.15) is 25.0 Å². The Bertz CT molecular complexity index is 2730. The minimum absolute atomic E-state index is 0.201. The first-order valence-electron chi connectivity index (χ1n) is 16.7. The van der Waals surface area contributed by atoms with Crippen LogP contribution in [-0.2, 0) is 5.41 Å². The molecule has 1 aliphatic carbocycles. The fourth-order valence-electron chi connectivity index (χ4n) is 8.40. The van der Waals surface area contributed by atoms with E-state index >= 15 is 0 Å². The van der Waals surface area contributed by atoms with Crippen LogP contribution in [0.5, 0.6) is 0 Å². The predicted octanol–water partition coefficient (Wildman–Crippen LogP) is 12.1. The van der Waals surface area contributed by atoms with E-state index in [1.54, 1.807) is 0 Å². The van der Waals surface area contributed by atoms with E-state index in [0.717, 1.165) is 22.5 Å². The molecule has 0 N–H and O–H groups in total. The van der Waals surface area contributed by atoms with Crippen LogP contribution in [0.3, 0.4) is 0 Å². The zero-order valence-corrected chi connectivity index (χ0v) is 26.9. The van der Waals surface area contributed by atoms with E-state index in [2.05, 4.69) is 176 Å². The summed E-state index contributed by atoms with van der Waals surface area (Å²) in [6, 6.07) is 57.2. The Kier molecular flexibility index (Phi) is 5.66. The van der Waals surface area contributed by atoms with Crippen LogP contribution in [0.15, 0.2) is 158 Å². The van der Waals surface area contributed by atoms with E-state index in [0.29, 0.717) is 0 Å². The van der Waals surface area contributed by atoms with Gasteiger partial charge in [0, 0.05) is 27.1 Å². The number of rotatable bonds is 3. The van der Waals surface area contributed by atoms with Gasteiger partial charge in [-0.15, -0.1) is 0 Å². The Labute approximate surface area is 279 Å². The maximum atomic E-state index is 5.58. The lowest BCUT2D eigenvalue weighted by molar-refractivity contribution is 0.664. The summed E-state index contributed by atoms with van der Waals surface area (Å²) in [4.78, 5) is 5.58. The van der Waals surface area contributed by atoms with Crippen molar-refractivity contribution in [2.45, 2.75) is 19.3 Å². The van der Waals surface area contributed by atoms with Crippen LogP contribution >= 0.6 is 0 Å². The molecule has 0 amide bonds. The van der Waals surface area contributed by atoms with Crippen molar-refractivity contribution in [2.24, 2.45) is 0 Å². The second kappa shape index (κ2) is 10.0. The van der Waals surface area contributed by atoms with Gasteiger partial charge in [0.05, 0.1) is 16.7 Å². The lowest BCUT2D eigenvalue weighted by atomic mass is 9.80. The van der Waals surface area contributed by atoms with Crippen molar-refractivity contribution in [3.63, 3.8) is 0 Å². The SMILES string of the molecule is CC1(C)c2ccccc2-c2c1c1c(c3ccccc23)c2ccccc2n1-c1cc2ccccc2c(-c2ccc(-c3ccccc3)cc2)n1. The van der Waals surface area contributed by atoms with Gasteiger partial charge in [0.2, 0.25) is 0 Å². The third-order valence-corrected chi connectivity index (χ3v) is 10.5. The summed E-state index contributed by atoms with van der Waals surface area (Å²) in [5.41, 5.74) is 12.2. The van der Waals surface area contributed by atoms with Gasteiger partial charge >= 0.3 is 0 Å². The maximum absolute atomic E-state index is 5.58. The molecule has 0 saturated carbocycles. The summed E-state index contributed by atoms with van der Waals surface area (Å²) in [7, 11) is 0. The number of benzene rings is 7. The van der Waals surface area contributed by atoms with Crippen LogP contribution in [-0.4, -0.2) is 9.55 Å². The van der Waals surface area contributed by atoms with E-state index in [1.165, 1.54) is 71.3 Å². The minimum atomic E-state index is -0.201. The lowest BCUT2D eigenvalue weighted by Crippen LogP contribution is -2.17. The summed E-state index contributed by atoms with van der Waals surface area (Å²) in [5.74, 6) is 0.936. The van der Waals surface area contributed by atoms with Crippen LogP contribution in [0.25, 0.3) is 82.7 Å². The van der Waals surface area contributed by atoms with E-state index in [1.807, 2.05) is 0 Å². The summed E-state index contributed by atoms with van der Waals surface area (Å²) >= 11 is 0. The van der Waals surface area contributed by atoms with Crippen LogP contribution < -0.4 is 0 Å². The van der Waals surface area contributed by atoms with Gasteiger partial charge in [0.25, 0.3) is 0 Å². The molecular weight excluding hydrogens is 581 g/mol. The fourth-order valence-corrected chi connectivity index (χ4v) is 8.40. The molecule has 0 atom stereocenters. The quantitative estimate of drug-likeness (QED) is 0.194. The summed E-state index contributed by atoms with van der Waals surface area (Å²) in [5, 5.41) is 7.47. The number of pyridine rings is 1. The second-order valence-electron chi connectivity index (χ2n) is 13.5. The first-order chi connectivity index (χ1) is 23.6. The Balaban J connectivity index is 1.33. The Morgan fingerprint density at radius 2 is 1.12 bits per heavy atom. The summed E-state index contributed by atoms with van der Waals surface area (Å²) in [6.45, 7) is 4.78. The second-order valence-corrected chi connectivity index (χ2v) is 13.5. The molecule has 2 heteroatoms. The fraction of sp³-hybridized carbons (Fsp3) is 0.0652. The molecule has 0 bridgehead atoms. The first-order valence-corrected chi connectivity index (χ1v) is 16.7. The minimum Gasteiger partial charge on any atom is -0.293 e. The Morgan fingerprint density at radius 1 is 0.521 bits per heavy atom. The zero-order chi connectivity index (χ0) is 32.0. The standard InChI is InChI=1S/C46H32N2/c1-46(2)38-22-12-10-20-36(38)41-34-18-8-9-19-35(34)42-37-21-11-13-23-39(37)48(45(42)43(41)46)40-28-32-16-6-7-17-33(32)44(47-40)31-26-24-30(25-27-31)29-14-4-3-5-15-29/h3-28H,1-2H3. The predicted molar refractivity (Wildman–Crippen MR) is 202 cm³/mol. The maximum Gasteiger partial charge on any atom is 0.138 e. The number of nitrogens with zero attached hydrogens (tertiary/aromatic N) is 2. The van der Waals surface area contributed by atoms with Crippen LogP contribution in [0, 0.1) is 0 Å². The number of para-hydroxylation sites is 1. The number of fused-ring (bicyclic) bond motifs is 11. The summed E-state index contributed by atoms with van der Waals surface area (Å²) in [6.07, 6.45) is 0.